The molecule has 0 radical (unpaired) electrons. The highest BCUT2D eigenvalue weighted by atomic mass is 16.6. The maximum atomic E-state index is 13.1. The molecule has 0 saturated carbocycles. The van der Waals surface area contributed by atoms with Crippen LogP contribution in [-0.4, -0.2) is 64.8 Å². The minimum atomic E-state index is -0.942. The molecule has 174 valence electrons. The Labute approximate surface area is 192 Å². The molecule has 1 atom stereocenters. The van der Waals surface area contributed by atoms with Crippen molar-refractivity contribution in [1.82, 2.24) is 9.80 Å². The van der Waals surface area contributed by atoms with Crippen LogP contribution in [0.5, 0.6) is 5.75 Å². The van der Waals surface area contributed by atoms with Crippen LogP contribution in [0, 0.1) is 10.1 Å². The normalized spacial score (nSPS) is 17.6. The number of non-ortho nitro benzene ring substituents is 1. The molecule has 1 N–H and O–H groups in total. The number of amides is 1. The van der Waals surface area contributed by atoms with Crippen molar-refractivity contribution < 1.29 is 24.4 Å². The number of aliphatic hydroxyl groups is 1. The van der Waals surface area contributed by atoms with E-state index in [-0.39, 0.29) is 23.6 Å². The van der Waals surface area contributed by atoms with Crippen molar-refractivity contribution in [2.45, 2.75) is 19.9 Å². The minimum absolute atomic E-state index is 0.0924. The Hall–Kier alpha value is -3.72. The zero-order valence-corrected chi connectivity index (χ0v) is 18.9. The van der Waals surface area contributed by atoms with Gasteiger partial charge in [-0.2, -0.15) is 0 Å². The van der Waals surface area contributed by atoms with Gasteiger partial charge in [0.1, 0.15) is 11.5 Å². The van der Waals surface area contributed by atoms with Crippen molar-refractivity contribution >= 4 is 23.1 Å². The first kappa shape index (κ1) is 23.9. The van der Waals surface area contributed by atoms with Gasteiger partial charge in [-0.25, -0.2) is 0 Å². The van der Waals surface area contributed by atoms with Crippen LogP contribution >= 0.6 is 0 Å². The van der Waals surface area contributed by atoms with E-state index in [1.807, 2.05) is 13.8 Å². The molecule has 1 saturated heterocycles. The Kier molecular flexibility index (Phi) is 7.44. The van der Waals surface area contributed by atoms with Gasteiger partial charge in [0.25, 0.3) is 17.4 Å². The number of nitrogens with zero attached hydrogens (tertiary/aromatic N) is 3. The number of likely N-dealkylation sites (tertiary alicyclic amines) is 1. The largest absolute Gasteiger partial charge is 0.507 e. The Morgan fingerprint density at radius 2 is 1.82 bits per heavy atom. The fourth-order valence-corrected chi connectivity index (χ4v) is 3.96. The summed E-state index contributed by atoms with van der Waals surface area (Å²) in [6.45, 7) is 6.30. The highest BCUT2D eigenvalue weighted by Crippen LogP contribution is 2.40. The molecule has 1 unspecified atom stereocenters. The lowest BCUT2D eigenvalue weighted by Crippen LogP contribution is -2.38. The molecule has 1 amide bonds. The third-order valence-electron chi connectivity index (χ3n) is 5.85. The lowest BCUT2D eigenvalue weighted by molar-refractivity contribution is -0.384. The Balaban J connectivity index is 2.13. The third kappa shape index (κ3) is 4.88. The third-order valence-corrected chi connectivity index (χ3v) is 5.85. The van der Waals surface area contributed by atoms with Gasteiger partial charge in [0.05, 0.1) is 23.6 Å². The van der Waals surface area contributed by atoms with Crippen LogP contribution in [0.4, 0.5) is 5.69 Å². The molecule has 1 heterocycles. The summed E-state index contributed by atoms with van der Waals surface area (Å²) in [5.74, 6) is -1.33. The van der Waals surface area contributed by atoms with Crippen LogP contribution in [-0.2, 0) is 9.59 Å². The summed E-state index contributed by atoms with van der Waals surface area (Å²) in [6, 6.07) is 11.3. The molecule has 2 aromatic rings. The van der Waals surface area contributed by atoms with Crippen molar-refractivity contribution in [3.63, 3.8) is 0 Å². The van der Waals surface area contributed by atoms with Crippen molar-refractivity contribution in [3.8, 4) is 5.75 Å². The molecule has 3 rings (SSSR count). The molecule has 0 aromatic heterocycles. The number of ether oxygens (including phenoxy) is 1. The van der Waals surface area contributed by atoms with E-state index >= 15 is 0 Å². The fraction of sp³-hybridized carbons (Fsp3) is 0.333. The molecule has 33 heavy (non-hydrogen) atoms. The number of nitro benzene ring substituents is 1. The van der Waals surface area contributed by atoms with E-state index in [2.05, 4.69) is 4.90 Å². The number of methoxy groups -OCH3 is 1. The lowest BCUT2D eigenvalue weighted by Gasteiger charge is -2.28. The topological polar surface area (TPSA) is 113 Å². The first-order valence-electron chi connectivity index (χ1n) is 10.7. The number of likely N-dealkylation sites (N-methyl/N-ethyl adjacent to an activating group) is 1. The molecule has 1 aliphatic heterocycles. The summed E-state index contributed by atoms with van der Waals surface area (Å²) >= 11 is 0. The van der Waals surface area contributed by atoms with Crippen LogP contribution in [0.1, 0.15) is 31.0 Å². The number of carbonyl (C=O) groups excluding carboxylic acids is 2. The maximum absolute atomic E-state index is 13.1. The van der Waals surface area contributed by atoms with Gasteiger partial charge in [-0.1, -0.05) is 26.0 Å². The molecule has 0 aliphatic carbocycles. The summed E-state index contributed by atoms with van der Waals surface area (Å²) < 4.78 is 5.14. The summed E-state index contributed by atoms with van der Waals surface area (Å²) in [5, 5.41) is 22.4. The molecule has 2 aromatic carbocycles. The van der Waals surface area contributed by atoms with Crippen molar-refractivity contribution in [3.05, 3.63) is 75.3 Å². The van der Waals surface area contributed by atoms with E-state index in [9.17, 15) is 24.8 Å². The van der Waals surface area contributed by atoms with Crippen LogP contribution in [0.3, 0.4) is 0 Å². The average Bonchev–Trinajstić information content (AvgIpc) is 3.09. The molecule has 0 spiro atoms. The van der Waals surface area contributed by atoms with Crippen LogP contribution in [0.15, 0.2) is 54.1 Å². The first-order valence-corrected chi connectivity index (χ1v) is 10.7. The monoisotopic (exact) mass is 453 g/mol. The second-order valence-electron chi connectivity index (χ2n) is 7.60. The Morgan fingerprint density at radius 1 is 1.15 bits per heavy atom. The standard InChI is InChI=1S/C24H27N3O6/c1-4-25(5-2)13-14-26-21(17-7-6-8-18(15-17)27(31)32)20(23(29)24(26)30)22(28)16-9-11-19(33-3)12-10-16/h6-12,15,21,28H,4-5,13-14H2,1-3H3/b22-20-. The lowest BCUT2D eigenvalue weighted by atomic mass is 9.95. The molecular weight excluding hydrogens is 426 g/mol. The highest BCUT2D eigenvalue weighted by Gasteiger charge is 2.46. The van der Waals surface area contributed by atoms with E-state index in [1.54, 1.807) is 30.3 Å². The smallest absolute Gasteiger partial charge is 0.295 e. The Morgan fingerprint density at radius 3 is 2.39 bits per heavy atom. The molecule has 9 heteroatoms. The number of hydrogen-bond donors (Lipinski definition) is 1. The second kappa shape index (κ2) is 10.3. The summed E-state index contributed by atoms with van der Waals surface area (Å²) in [6.07, 6.45) is 0. The van der Waals surface area contributed by atoms with Gasteiger partial charge in [-0.3, -0.25) is 19.7 Å². The van der Waals surface area contributed by atoms with Crippen LogP contribution in [0.2, 0.25) is 0 Å². The van der Waals surface area contributed by atoms with Gasteiger partial charge in [0.2, 0.25) is 0 Å². The molecule has 1 fully saturated rings. The van der Waals surface area contributed by atoms with E-state index in [0.717, 1.165) is 13.1 Å². The number of rotatable bonds is 9. The quantitative estimate of drug-likeness (QED) is 0.204. The SMILES string of the molecule is CCN(CC)CCN1C(=O)C(=O)/C(=C(\O)c2ccc(OC)cc2)C1c1cccc([N+](=O)[O-])c1. The number of Topliss-reactive ketones (excluding diaryl/α,β-unsaturated/α-hetero) is 1. The van der Waals surface area contributed by atoms with Gasteiger partial charge in [0.15, 0.2) is 0 Å². The first-order chi connectivity index (χ1) is 15.8. The second-order valence-corrected chi connectivity index (χ2v) is 7.60. The van der Waals surface area contributed by atoms with Crippen LogP contribution in [0.25, 0.3) is 5.76 Å². The average molecular weight is 453 g/mol. The van der Waals surface area contributed by atoms with E-state index in [0.29, 0.717) is 23.4 Å². The predicted molar refractivity (Wildman–Crippen MR) is 123 cm³/mol. The minimum Gasteiger partial charge on any atom is -0.507 e. The summed E-state index contributed by atoms with van der Waals surface area (Å²) in [4.78, 5) is 40.4. The van der Waals surface area contributed by atoms with Crippen molar-refractivity contribution in [2.75, 3.05) is 33.3 Å². The molecular formula is C24H27N3O6. The maximum Gasteiger partial charge on any atom is 0.295 e. The number of carbonyl (C=O) groups is 2. The zero-order chi connectivity index (χ0) is 24.1. The van der Waals surface area contributed by atoms with Gasteiger partial charge in [-0.15, -0.1) is 0 Å². The highest BCUT2D eigenvalue weighted by molar-refractivity contribution is 6.46. The number of hydrogen-bond acceptors (Lipinski definition) is 7. The van der Waals surface area contributed by atoms with E-state index in [1.165, 1.54) is 30.2 Å². The summed E-state index contributed by atoms with van der Waals surface area (Å²) in [7, 11) is 1.51. The summed E-state index contributed by atoms with van der Waals surface area (Å²) in [5.41, 5.74) is 0.475. The fourth-order valence-electron chi connectivity index (χ4n) is 3.96. The number of aliphatic hydroxyl groups excluding tert-OH is 1. The van der Waals surface area contributed by atoms with Crippen molar-refractivity contribution in [1.29, 1.82) is 0 Å². The molecule has 0 bridgehead atoms. The molecule has 1 aliphatic rings. The zero-order valence-electron chi connectivity index (χ0n) is 18.9. The van der Waals surface area contributed by atoms with Gasteiger partial charge in [0, 0.05) is 30.8 Å². The number of nitro groups is 1. The number of benzene rings is 2. The predicted octanol–water partition coefficient (Wildman–Crippen LogP) is 3.37. The van der Waals surface area contributed by atoms with Gasteiger partial charge < -0.3 is 19.6 Å². The van der Waals surface area contributed by atoms with Gasteiger partial charge in [-0.05, 0) is 42.9 Å². The van der Waals surface area contributed by atoms with Crippen molar-refractivity contribution in [2.24, 2.45) is 0 Å². The van der Waals surface area contributed by atoms with E-state index < -0.39 is 22.7 Å². The van der Waals surface area contributed by atoms with E-state index in [4.69, 9.17) is 4.74 Å². The van der Waals surface area contributed by atoms with Crippen LogP contribution < -0.4 is 4.74 Å². The molecule has 9 nitrogen and oxygen atoms in total. The Bertz CT molecular complexity index is 1080. The van der Waals surface area contributed by atoms with Gasteiger partial charge >= 0.3 is 0 Å². The number of ketones is 1.